The molecule has 1 fully saturated rings. The lowest BCUT2D eigenvalue weighted by Crippen LogP contribution is -2.40. The van der Waals surface area contributed by atoms with Gasteiger partial charge in [-0.2, -0.15) is 0 Å². The first-order valence-electron chi connectivity index (χ1n) is 5.68. The third kappa shape index (κ3) is 3.38. The average Bonchev–Trinajstić information content (AvgIpc) is 2.29. The molecule has 2 atom stereocenters. The second-order valence-electron chi connectivity index (χ2n) is 4.27. The summed E-state index contributed by atoms with van der Waals surface area (Å²) in [5.41, 5.74) is 0. The number of nitrogens with zero attached hydrogens (tertiary/aromatic N) is 2. The van der Waals surface area contributed by atoms with Crippen molar-refractivity contribution in [3.8, 4) is 0 Å². The molecule has 2 N–H and O–H groups in total. The molecular weight excluding hydrogens is 240 g/mol. The first-order chi connectivity index (χ1) is 8.15. The SMILES string of the molecule is CC1CC(C(=O)Nc2nccc(Cl)n2)CCN1. The Morgan fingerprint density at radius 2 is 2.47 bits per heavy atom. The predicted octanol–water partition coefficient (Wildman–Crippen LogP) is 1.46. The Morgan fingerprint density at radius 3 is 3.18 bits per heavy atom. The first kappa shape index (κ1) is 12.3. The monoisotopic (exact) mass is 254 g/mol. The number of nitrogens with one attached hydrogen (secondary N) is 2. The van der Waals surface area contributed by atoms with Crippen LogP contribution in [0.2, 0.25) is 5.15 Å². The predicted molar refractivity (Wildman–Crippen MR) is 65.9 cm³/mol. The van der Waals surface area contributed by atoms with Crippen LogP contribution in [0.5, 0.6) is 0 Å². The smallest absolute Gasteiger partial charge is 0.230 e. The lowest BCUT2D eigenvalue weighted by Gasteiger charge is -2.26. The lowest BCUT2D eigenvalue weighted by molar-refractivity contribution is -0.120. The molecule has 0 aliphatic carbocycles. The van der Waals surface area contributed by atoms with Crippen LogP contribution < -0.4 is 10.6 Å². The zero-order valence-corrected chi connectivity index (χ0v) is 10.4. The van der Waals surface area contributed by atoms with Gasteiger partial charge in [-0.15, -0.1) is 0 Å². The van der Waals surface area contributed by atoms with E-state index in [-0.39, 0.29) is 17.8 Å². The number of amides is 1. The van der Waals surface area contributed by atoms with Gasteiger partial charge in [0.1, 0.15) is 5.15 Å². The van der Waals surface area contributed by atoms with E-state index < -0.39 is 0 Å². The van der Waals surface area contributed by atoms with E-state index in [0.29, 0.717) is 11.2 Å². The van der Waals surface area contributed by atoms with Crippen molar-refractivity contribution in [2.24, 2.45) is 5.92 Å². The maximum Gasteiger partial charge on any atom is 0.230 e. The normalized spacial score (nSPS) is 24.4. The summed E-state index contributed by atoms with van der Waals surface area (Å²) >= 11 is 5.72. The maximum atomic E-state index is 12.0. The largest absolute Gasteiger partial charge is 0.314 e. The highest BCUT2D eigenvalue weighted by Gasteiger charge is 2.25. The third-order valence-electron chi connectivity index (χ3n) is 2.85. The van der Waals surface area contributed by atoms with E-state index in [1.165, 1.54) is 6.20 Å². The van der Waals surface area contributed by atoms with Crippen LogP contribution in [-0.2, 0) is 4.79 Å². The van der Waals surface area contributed by atoms with Gasteiger partial charge in [-0.1, -0.05) is 11.6 Å². The van der Waals surface area contributed by atoms with E-state index in [0.717, 1.165) is 19.4 Å². The quantitative estimate of drug-likeness (QED) is 0.784. The number of hydrogen-bond donors (Lipinski definition) is 2. The van der Waals surface area contributed by atoms with Crippen molar-refractivity contribution in [3.05, 3.63) is 17.4 Å². The molecule has 0 bridgehead atoms. The first-order valence-corrected chi connectivity index (χ1v) is 6.06. The van der Waals surface area contributed by atoms with Crippen LogP contribution in [0.4, 0.5) is 5.95 Å². The average molecular weight is 255 g/mol. The van der Waals surface area contributed by atoms with Gasteiger partial charge in [0.25, 0.3) is 0 Å². The van der Waals surface area contributed by atoms with Crippen molar-refractivity contribution >= 4 is 23.5 Å². The molecule has 2 rings (SSSR count). The highest BCUT2D eigenvalue weighted by atomic mass is 35.5. The number of piperidine rings is 1. The van der Waals surface area contributed by atoms with Crippen LogP contribution in [0.25, 0.3) is 0 Å². The molecule has 1 aliphatic heterocycles. The van der Waals surface area contributed by atoms with Gasteiger partial charge in [0.2, 0.25) is 11.9 Å². The summed E-state index contributed by atoms with van der Waals surface area (Å²) in [6, 6.07) is 1.95. The van der Waals surface area contributed by atoms with Crippen LogP contribution in [0.15, 0.2) is 12.3 Å². The Bertz CT molecular complexity index is 412. The molecule has 1 aromatic heterocycles. The van der Waals surface area contributed by atoms with Gasteiger partial charge in [-0.05, 0) is 32.4 Å². The number of aromatic nitrogens is 2. The number of rotatable bonds is 2. The topological polar surface area (TPSA) is 66.9 Å². The standard InChI is InChI=1S/C11H15ClN4O/c1-7-6-8(2-4-13-7)10(17)16-11-14-5-3-9(12)15-11/h3,5,7-8,13H,2,4,6H2,1H3,(H,14,15,16,17). The summed E-state index contributed by atoms with van der Waals surface area (Å²) in [4.78, 5) is 19.8. The molecule has 1 amide bonds. The van der Waals surface area contributed by atoms with Gasteiger partial charge < -0.3 is 5.32 Å². The zero-order valence-electron chi connectivity index (χ0n) is 9.61. The molecule has 2 heterocycles. The molecular formula is C11H15ClN4O. The van der Waals surface area contributed by atoms with Crippen LogP contribution in [0.1, 0.15) is 19.8 Å². The molecule has 17 heavy (non-hydrogen) atoms. The number of anilines is 1. The molecule has 6 heteroatoms. The van der Waals surface area contributed by atoms with Crippen molar-refractivity contribution in [2.75, 3.05) is 11.9 Å². The molecule has 0 aromatic carbocycles. The number of hydrogen-bond acceptors (Lipinski definition) is 4. The van der Waals surface area contributed by atoms with Crippen molar-refractivity contribution in [2.45, 2.75) is 25.8 Å². The summed E-state index contributed by atoms with van der Waals surface area (Å²) in [6.45, 7) is 2.95. The fourth-order valence-corrected chi connectivity index (χ4v) is 2.12. The lowest BCUT2D eigenvalue weighted by atomic mass is 9.92. The molecule has 1 aromatic rings. The second kappa shape index (κ2) is 5.42. The Labute approximate surface area is 105 Å². The molecule has 2 unspecified atom stereocenters. The van der Waals surface area contributed by atoms with Gasteiger partial charge in [0.15, 0.2) is 0 Å². The summed E-state index contributed by atoms with van der Waals surface area (Å²) in [5, 5.41) is 6.33. The number of carbonyl (C=O) groups is 1. The molecule has 5 nitrogen and oxygen atoms in total. The van der Waals surface area contributed by atoms with E-state index in [4.69, 9.17) is 11.6 Å². The Hall–Kier alpha value is -1.20. The van der Waals surface area contributed by atoms with Gasteiger partial charge in [0.05, 0.1) is 0 Å². The highest BCUT2D eigenvalue weighted by molar-refractivity contribution is 6.29. The molecule has 0 saturated carbocycles. The van der Waals surface area contributed by atoms with Crippen molar-refractivity contribution < 1.29 is 4.79 Å². The zero-order chi connectivity index (χ0) is 12.3. The minimum absolute atomic E-state index is 0.0221. The van der Waals surface area contributed by atoms with E-state index in [9.17, 15) is 4.79 Å². The highest BCUT2D eigenvalue weighted by Crippen LogP contribution is 2.17. The van der Waals surface area contributed by atoms with Crippen LogP contribution >= 0.6 is 11.6 Å². The Morgan fingerprint density at radius 1 is 1.65 bits per heavy atom. The van der Waals surface area contributed by atoms with E-state index in [1.807, 2.05) is 0 Å². The molecule has 92 valence electrons. The molecule has 0 spiro atoms. The fourth-order valence-electron chi connectivity index (χ4n) is 1.98. The van der Waals surface area contributed by atoms with Crippen LogP contribution in [0.3, 0.4) is 0 Å². The summed E-state index contributed by atoms with van der Waals surface area (Å²) < 4.78 is 0. The second-order valence-corrected chi connectivity index (χ2v) is 4.66. The van der Waals surface area contributed by atoms with Gasteiger partial charge >= 0.3 is 0 Å². The van der Waals surface area contributed by atoms with Gasteiger partial charge in [-0.25, -0.2) is 9.97 Å². The summed E-state index contributed by atoms with van der Waals surface area (Å²) in [7, 11) is 0. The van der Waals surface area contributed by atoms with Gasteiger partial charge in [-0.3, -0.25) is 10.1 Å². The summed E-state index contributed by atoms with van der Waals surface area (Å²) in [6.07, 6.45) is 3.21. The van der Waals surface area contributed by atoms with E-state index in [2.05, 4.69) is 27.5 Å². The number of carbonyl (C=O) groups excluding carboxylic acids is 1. The minimum atomic E-state index is -0.0272. The van der Waals surface area contributed by atoms with E-state index in [1.54, 1.807) is 6.07 Å². The van der Waals surface area contributed by atoms with Crippen LogP contribution in [0, 0.1) is 5.92 Å². The Balaban J connectivity index is 1.96. The minimum Gasteiger partial charge on any atom is -0.314 e. The van der Waals surface area contributed by atoms with Crippen molar-refractivity contribution in [1.82, 2.24) is 15.3 Å². The van der Waals surface area contributed by atoms with Crippen molar-refractivity contribution in [1.29, 1.82) is 0 Å². The van der Waals surface area contributed by atoms with E-state index >= 15 is 0 Å². The molecule has 0 radical (unpaired) electrons. The van der Waals surface area contributed by atoms with Crippen LogP contribution in [-0.4, -0.2) is 28.5 Å². The van der Waals surface area contributed by atoms with Crippen molar-refractivity contribution in [3.63, 3.8) is 0 Å². The van der Waals surface area contributed by atoms with Gasteiger partial charge in [0, 0.05) is 18.2 Å². The molecule has 1 aliphatic rings. The molecule has 1 saturated heterocycles. The number of halogens is 1. The third-order valence-corrected chi connectivity index (χ3v) is 3.06. The Kier molecular flexibility index (Phi) is 3.91. The fraction of sp³-hybridized carbons (Fsp3) is 0.545. The summed E-state index contributed by atoms with van der Waals surface area (Å²) in [5.74, 6) is 0.267. The maximum absolute atomic E-state index is 12.0.